The molecule has 0 radical (unpaired) electrons. The molecular weight excluding hydrogens is 290 g/mol. The molecule has 3 aromatic heterocycles. The SMILES string of the molecule is NCc1c(Sc2nc3ccccc3[nH]2)nc2sccn12. The minimum absolute atomic E-state index is 0.459. The van der Waals surface area contributed by atoms with Crippen molar-refractivity contribution in [2.24, 2.45) is 5.73 Å². The Labute approximate surface area is 122 Å². The normalized spacial score (nSPS) is 11.7. The third kappa shape index (κ3) is 1.82. The summed E-state index contributed by atoms with van der Waals surface area (Å²) in [5.41, 5.74) is 8.87. The van der Waals surface area contributed by atoms with E-state index in [0.29, 0.717) is 6.54 Å². The second kappa shape index (κ2) is 4.62. The molecular formula is C13H11N5S2. The van der Waals surface area contributed by atoms with Gasteiger partial charge in [0.1, 0.15) is 5.03 Å². The van der Waals surface area contributed by atoms with E-state index in [4.69, 9.17) is 5.73 Å². The van der Waals surface area contributed by atoms with Crippen LogP contribution < -0.4 is 5.73 Å². The number of rotatable bonds is 3. The van der Waals surface area contributed by atoms with E-state index in [-0.39, 0.29) is 0 Å². The van der Waals surface area contributed by atoms with E-state index in [1.165, 1.54) is 11.8 Å². The molecule has 0 unspecified atom stereocenters. The molecule has 4 rings (SSSR count). The fourth-order valence-corrected chi connectivity index (χ4v) is 3.86. The van der Waals surface area contributed by atoms with Crippen molar-refractivity contribution in [3.63, 3.8) is 0 Å². The highest BCUT2D eigenvalue weighted by atomic mass is 32.2. The highest BCUT2D eigenvalue weighted by molar-refractivity contribution is 7.99. The number of thiazole rings is 1. The van der Waals surface area contributed by atoms with Gasteiger partial charge in [-0.05, 0) is 23.9 Å². The maximum absolute atomic E-state index is 5.85. The monoisotopic (exact) mass is 301 g/mol. The average molecular weight is 301 g/mol. The van der Waals surface area contributed by atoms with Crippen molar-refractivity contribution < 1.29 is 0 Å². The zero-order valence-corrected chi connectivity index (χ0v) is 12.0. The number of nitrogens with one attached hydrogen (secondary N) is 1. The van der Waals surface area contributed by atoms with Gasteiger partial charge >= 0.3 is 0 Å². The van der Waals surface area contributed by atoms with Crippen molar-refractivity contribution in [3.05, 3.63) is 41.5 Å². The van der Waals surface area contributed by atoms with Gasteiger partial charge in [-0.3, -0.25) is 4.40 Å². The molecule has 4 aromatic rings. The zero-order chi connectivity index (χ0) is 13.5. The van der Waals surface area contributed by atoms with Crippen LogP contribution >= 0.6 is 23.1 Å². The van der Waals surface area contributed by atoms with Crippen LogP contribution in [-0.4, -0.2) is 19.4 Å². The molecule has 0 aliphatic rings. The number of aromatic nitrogens is 4. The Morgan fingerprint density at radius 3 is 3.05 bits per heavy atom. The maximum atomic E-state index is 5.85. The van der Waals surface area contributed by atoms with Crippen molar-refractivity contribution in [1.29, 1.82) is 0 Å². The molecule has 0 spiro atoms. The molecule has 0 bridgehead atoms. The van der Waals surface area contributed by atoms with Crippen molar-refractivity contribution in [2.75, 3.05) is 0 Å². The van der Waals surface area contributed by atoms with Crippen molar-refractivity contribution in [3.8, 4) is 0 Å². The molecule has 0 saturated carbocycles. The average Bonchev–Trinajstić information content (AvgIpc) is 3.11. The summed E-state index contributed by atoms with van der Waals surface area (Å²) in [7, 11) is 0. The van der Waals surface area contributed by atoms with Gasteiger partial charge < -0.3 is 10.7 Å². The number of fused-ring (bicyclic) bond motifs is 2. The van der Waals surface area contributed by atoms with E-state index in [2.05, 4.69) is 15.0 Å². The van der Waals surface area contributed by atoms with Gasteiger partial charge in [0.15, 0.2) is 10.1 Å². The Hall–Kier alpha value is -1.83. The van der Waals surface area contributed by atoms with Crippen LogP contribution in [0.25, 0.3) is 16.0 Å². The van der Waals surface area contributed by atoms with E-state index >= 15 is 0 Å². The lowest BCUT2D eigenvalue weighted by Crippen LogP contribution is -2.01. The van der Waals surface area contributed by atoms with E-state index in [0.717, 1.165) is 31.9 Å². The van der Waals surface area contributed by atoms with Gasteiger partial charge in [0.05, 0.1) is 16.7 Å². The standard InChI is InChI=1S/C13H11N5S2/c14-7-10-11(17-13-18(10)5-6-19-13)20-12-15-8-3-1-2-4-9(8)16-12/h1-6H,7,14H2,(H,15,16). The Morgan fingerprint density at radius 2 is 2.20 bits per heavy atom. The first-order chi connectivity index (χ1) is 9.85. The molecule has 3 heterocycles. The van der Waals surface area contributed by atoms with E-state index in [1.807, 2.05) is 40.2 Å². The number of para-hydroxylation sites is 2. The number of imidazole rings is 2. The van der Waals surface area contributed by atoms with Crippen LogP contribution in [0.3, 0.4) is 0 Å². The third-order valence-electron chi connectivity index (χ3n) is 3.08. The lowest BCUT2D eigenvalue weighted by Gasteiger charge is -1.98. The highest BCUT2D eigenvalue weighted by Gasteiger charge is 2.14. The number of hydrogen-bond acceptors (Lipinski definition) is 5. The fraction of sp³-hybridized carbons (Fsp3) is 0.0769. The molecule has 0 aliphatic heterocycles. The van der Waals surface area contributed by atoms with Crippen LogP contribution in [-0.2, 0) is 6.54 Å². The van der Waals surface area contributed by atoms with Gasteiger partial charge in [-0.15, -0.1) is 11.3 Å². The summed E-state index contributed by atoms with van der Waals surface area (Å²) in [6, 6.07) is 7.98. The van der Waals surface area contributed by atoms with Crippen LogP contribution in [0.1, 0.15) is 5.69 Å². The minimum Gasteiger partial charge on any atom is -0.333 e. The summed E-state index contributed by atoms with van der Waals surface area (Å²) >= 11 is 3.13. The van der Waals surface area contributed by atoms with Gasteiger partial charge in [0, 0.05) is 18.1 Å². The molecule has 0 atom stereocenters. The molecule has 3 N–H and O–H groups in total. The third-order valence-corrected chi connectivity index (χ3v) is 4.74. The van der Waals surface area contributed by atoms with Crippen LogP contribution in [0, 0.1) is 0 Å². The Kier molecular flexibility index (Phi) is 2.76. The smallest absolute Gasteiger partial charge is 0.194 e. The van der Waals surface area contributed by atoms with Crippen LogP contribution in [0.4, 0.5) is 0 Å². The predicted octanol–water partition coefficient (Wildman–Crippen LogP) is 2.88. The number of nitrogens with two attached hydrogens (primary N) is 1. The number of H-pyrrole nitrogens is 1. The topological polar surface area (TPSA) is 72.0 Å². The molecule has 0 fully saturated rings. The molecule has 1 aromatic carbocycles. The van der Waals surface area contributed by atoms with Crippen molar-refractivity contribution in [2.45, 2.75) is 16.7 Å². The molecule has 0 saturated heterocycles. The molecule has 5 nitrogen and oxygen atoms in total. The molecule has 20 heavy (non-hydrogen) atoms. The first-order valence-corrected chi connectivity index (χ1v) is 7.82. The lowest BCUT2D eigenvalue weighted by molar-refractivity contribution is 0.921. The van der Waals surface area contributed by atoms with E-state index in [9.17, 15) is 0 Å². The van der Waals surface area contributed by atoms with Crippen LogP contribution in [0.15, 0.2) is 46.0 Å². The summed E-state index contributed by atoms with van der Waals surface area (Å²) < 4.78 is 2.04. The summed E-state index contributed by atoms with van der Waals surface area (Å²) in [5, 5.41) is 3.77. The number of benzene rings is 1. The van der Waals surface area contributed by atoms with Crippen molar-refractivity contribution >= 4 is 39.1 Å². The first-order valence-electron chi connectivity index (χ1n) is 6.12. The summed E-state index contributed by atoms with van der Waals surface area (Å²) in [6.07, 6.45) is 2.00. The quantitative estimate of drug-likeness (QED) is 0.610. The first kappa shape index (κ1) is 12.0. The predicted molar refractivity (Wildman–Crippen MR) is 81.2 cm³/mol. The van der Waals surface area contributed by atoms with Crippen LogP contribution in [0.2, 0.25) is 0 Å². The van der Waals surface area contributed by atoms with Gasteiger partial charge in [0.25, 0.3) is 0 Å². The Bertz CT molecular complexity index is 855. The van der Waals surface area contributed by atoms with E-state index in [1.54, 1.807) is 11.3 Å². The Morgan fingerprint density at radius 1 is 1.30 bits per heavy atom. The highest BCUT2D eigenvalue weighted by Crippen LogP contribution is 2.31. The second-order valence-corrected chi connectivity index (χ2v) is 6.14. The Balaban J connectivity index is 1.77. The summed E-state index contributed by atoms with van der Waals surface area (Å²) in [4.78, 5) is 13.4. The lowest BCUT2D eigenvalue weighted by atomic mass is 10.3. The largest absolute Gasteiger partial charge is 0.333 e. The maximum Gasteiger partial charge on any atom is 0.194 e. The fourth-order valence-electron chi connectivity index (χ4n) is 2.15. The van der Waals surface area contributed by atoms with Gasteiger partial charge in [0.2, 0.25) is 0 Å². The van der Waals surface area contributed by atoms with Gasteiger partial charge in [-0.2, -0.15) is 0 Å². The molecule has 0 amide bonds. The number of nitrogens with zero attached hydrogens (tertiary/aromatic N) is 3. The van der Waals surface area contributed by atoms with Crippen molar-refractivity contribution in [1.82, 2.24) is 19.4 Å². The zero-order valence-electron chi connectivity index (χ0n) is 10.4. The van der Waals surface area contributed by atoms with Gasteiger partial charge in [-0.25, -0.2) is 9.97 Å². The molecule has 100 valence electrons. The number of aromatic amines is 1. The summed E-state index contributed by atoms with van der Waals surface area (Å²) in [5.74, 6) is 0. The molecule has 7 heteroatoms. The second-order valence-electron chi connectivity index (χ2n) is 4.28. The molecule has 0 aliphatic carbocycles. The summed E-state index contributed by atoms with van der Waals surface area (Å²) in [6.45, 7) is 0.459. The van der Waals surface area contributed by atoms with Gasteiger partial charge in [-0.1, -0.05) is 12.1 Å². The van der Waals surface area contributed by atoms with Crippen LogP contribution in [0.5, 0.6) is 0 Å². The van der Waals surface area contributed by atoms with E-state index < -0.39 is 0 Å². The minimum atomic E-state index is 0.459. The number of hydrogen-bond donors (Lipinski definition) is 2.